The molecule has 4 heteroatoms. The van der Waals surface area contributed by atoms with Gasteiger partial charge in [-0.15, -0.1) is 0 Å². The van der Waals surface area contributed by atoms with E-state index >= 15 is 0 Å². The van der Waals surface area contributed by atoms with Crippen molar-refractivity contribution in [2.24, 2.45) is 0 Å². The van der Waals surface area contributed by atoms with Gasteiger partial charge in [-0.25, -0.2) is 4.98 Å². The Labute approximate surface area is 103 Å². The second-order valence-electron chi connectivity index (χ2n) is 3.71. The average Bonchev–Trinajstić information content (AvgIpc) is 2.20. The summed E-state index contributed by atoms with van der Waals surface area (Å²) < 4.78 is 0.917. The van der Waals surface area contributed by atoms with E-state index in [2.05, 4.69) is 38.8 Å². The Morgan fingerprint density at radius 1 is 1.53 bits per heavy atom. The molecular formula is C11H12BrClN2. The molecule has 0 saturated carbocycles. The van der Waals surface area contributed by atoms with Crippen LogP contribution in [0, 0.1) is 0 Å². The highest BCUT2D eigenvalue weighted by Crippen LogP contribution is 2.27. The van der Waals surface area contributed by atoms with Crippen LogP contribution in [0.2, 0.25) is 5.02 Å². The van der Waals surface area contributed by atoms with Crippen LogP contribution in [-0.2, 0) is 0 Å². The van der Waals surface area contributed by atoms with Gasteiger partial charge >= 0.3 is 0 Å². The first-order valence-electron chi connectivity index (χ1n) is 4.88. The number of aromatic nitrogens is 1. The Bertz CT molecular complexity index is 404. The summed E-state index contributed by atoms with van der Waals surface area (Å²) in [5.41, 5.74) is 1.44. The van der Waals surface area contributed by atoms with Gasteiger partial charge in [0.25, 0.3) is 0 Å². The van der Waals surface area contributed by atoms with Crippen LogP contribution in [0.1, 0.15) is 13.3 Å². The smallest absolute Gasteiger partial charge is 0.147 e. The third kappa shape index (κ3) is 2.52. The molecule has 0 saturated heterocycles. The van der Waals surface area contributed by atoms with Crippen molar-refractivity contribution in [1.82, 2.24) is 4.98 Å². The molecule has 0 N–H and O–H groups in total. The van der Waals surface area contributed by atoms with Gasteiger partial charge in [0.15, 0.2) is 0 Å². The maximum absolute atomic E-state index is 6.14. The SMILES string of the molecule is CC1=CCN(c2ncc(Br)cc2Cl)CC1. The van der Waals surface area contributed by atoms with E-state index in [0.29, 0.717) is 5.02 Å². The van der Waals surface area contributed by atoms with Crippen LogP contribution < -0.4 is 4.90 Å². The fraction of sp³-hybridized carbons (Fsp3) is 0.364. The summed E-state index contributed by atoms with van der Waals surface area (Å²) in [5.74, 6) is 0.878. The van der Waals surface area contributed by atoms with Crippen molar-refractivity contribution in [2.45, 2.75) is 13.3 Å². The predicted octanol–water partition coefficient (Wildman–Crippen LogP) is 3.65. The number of hydrogen-bond donors (Lipinski definition) is 0. The van der Waals surface area contributed by atoms with Crippen LogP contribution in [0.15, 0.2) is 28.4 Å². The Balaban J connectivity index is 2.23. The molecule has 0 spiro atoms. The Morgan fingerprint density at radius 3 is 2.93 bits per heavy atom. The number of anilines is 1. The first kappa shape index (κ1) is 11.0. The van der Waals surface area contributed by atoms with Crippen LogP contribution in [0.4, 0.5) is 5.82 Å². The summed E-state index contributed by atoms with van der Waals surface area (Å²) >= 11 is 9.50. The number of nitrogens with zero attached hydrogens (tertiary/aromatic N) is 2. The summed E-state index contributed by atoms with van der Waals surface area (Å²) in [6.45, 7) is 4.06. The second-order valence-corrected chi connectivity index (χ2v) is 5.03. The van der Waals surface area contributed by atoms with E-state index in [1.807, 2.05) is 6.07 Å². The maximum Gasteiger partial charge on any atom is 0.147 e. The molecular weight excluding hydrogens is 275 g/mol. The summed E-state index contributed by atoms with van der Waals surface area (Å²) in [4.78, 5) is 6.54. The zero-order chi connectivity index (χ0) is 10.8. The van der Waals surface area contributed by atoms with E-state index in [1.54, 1.807) is 6.20 Å². The number of halogens is 2. The van der Waals surface area contributed by atoms with E-state index < -0.39 is 0 Å². The molecule has 0 radical (unpaired) electrons. The van der Waals surface area contributed by atoms with Gasteiger partial charge in [-0.3, -0.25) is 0 Å². The van der Waals surface area contributed by atoms with Crippen LogP contribution >= 0.6 is 27.5 Å². The summed E-state index contributed by atoms with van der Waals surface area (Å²) in [5, 5.41) is 0.706. The maximum atomic E-state index is 6.14. The highest BCUT2D eigenvalue weighted by molar-refractivity contribution is 9.10. The van der Waals surface area contributed by atoms with Crippen LogP contribution in [0.25, 0.3) is 0 Å². The minimum absolute atomic E-state index is 0.706. The summed E-state index contributed by atoms with van der Waals surface area (Å²) in [7, 11) is 0. The standard InChI is InChI=1S/C11H12BrClN2/c1-8-2-4-15(5-3-8)11-10(13)6-9(12)7-14-11/h2,6-7H,3-5H2,1H3. The largest absolute Gasteiger partial charge is 0.351 e. The van der Waals surface area contributed by atoms with E-state index in [4.69, 9.17) is 11.6 Å². The molecule has 0 amide bonds. The monoisotopic (exact) mass is 286 g/mol. The lowest BCUT2D eigenvalue weighted by atomic mass is 10.1. The van der Waals surface area contributed by atoms with E-state index in [0.717, 1.165) is 29.8 Å². The van der Waals surface area contributed by atoms with Crippen molar-refractivity contribution in [3.05, 3.63) is 33.4 Å². The minimum Gasteiger partial charge on any atom is -0.351 e. The Hall–Kier alpha value is -0.540. The average molecular weight is 288 g/mol. The third-order valence-corrected chi connectivity index (χ3v) is 3.24. The van der Waals surface area contributed by atoms with Gasteiger partial charge < -0.3 is 4.90 Å². The predicted molar refractivity (Wildman–Crippen MR) is 67.5 cm³/mol. The van der Waals surface area contributed by atoms with Gasteiger partial charge in [-0.1, -0.05) is 23.3 Å². The molecule has 80 valence electrons. The Morgan fingerprint density at radius 2 is 2.33 bits per heavy atom. The molecule has 1 aromatic rings. The molecule has 0 bridgehead atoms. The van der Waals surface area contributed by atoms with E-state index in [1.165, 1.54) is 5.57 Å². The zero-order valence-corrected chi connectivity index (χ0v) is 10.8. The van der Waals surface area contributed by atoms with Crippen molar-refractivity contribution >= 4 is 33.3 Å². The highest BCUT2D eigenvalue weighted by atomic mass is 79.9. The quantitative estimate of drug-likeness (QED) is 0.733. The topological polar surface area (TPSA) is 16.1 Å². The van der Waals surface area contributed by atoms with Crippen molar-refractivity contribution in [2.75, 3.05) is 18.0 Å². The van der Waals surface area contributed by atoms with E-state index in [9.17, 15) is 0 Å². The molecule has 1 aliphatic rings. The van der Waals surface area contributed by atoms with Gasteiger partial charge in [0.2, 0.25) is 0 Å². The number of rotatable bonds is 1. The molecule has 2 rings (SSSR count). The van der Waals surface area contributed by atoms with Crippen molar-refractivity contribution in [3.63, 3.8) is 0 Å². The molecule has 0 fully saturated rings. The number of pyridine rings is 1. The lowest BCUT2D eigenvalue weighted by molar-refractivity contribution is 0.775. The highest BCUT2D eigenvalue weighted by Gasteiger charge is 2.14. The molecule has 1 aromatic heterocycles. The molecule has 15 heavy (non-hydrogen) atoms. The Kier molecular flexibility index (Phi) is 3.32. The van der Waals surface area contributed by atoms with Gasteiger partial charge in [0.1, 0.15) is 5.82 Å². The lowest BCUT2D eigenvalue weighted by Crippen LogP contribution is -2.29. The van der Waals surface area contributed by atoms with Gasteiger partial charge in [-0.2, -0.15) is 0 Å². The fourth-order valence-corrected chi connectivity index (χ4v) is 2.35. The molecule has 0 aliphatic carbocycles. The zero-order valence-electron chi connectivity index (χ0n) is 8.50. The lowest BCUT2D eigenvalue weighted by Gasteiger charge is -2.27. The van der Waals surface area contributed by atoms with Gasteiger partial charge in [0.05, 0.1) is 5.02 Å². The minimum atomic E-state index is 0.706. The van der Waals surface area contributed by atoms with Crippen molar-refractivity contribution in [3.8, 4) is 0 Å². The van der Waals surface area contributed by atoms with Gasteiger partial charge in [0, 0.05) is 23.8 Å². The molecule has 2 heterocycles. The molecule has 1 aliphatic heterocycles. The van der Waals surface area contributed by atoms with Gasteiger partial charge in [-0.05, 0) is 35.3 Å². The van der Waals surface area contributed by atoms with Crippen molar-refractivity contribution in [1.29, 1.82) is 0 Å². The first-order valence-corrected chi connectivity index (χ1v) is 6.05. The fourth-order valence-electron chi connectivity index (χ4n) is 1.60. The third-order valence-electron chi connectivity index (χ3n) is 2.52. The normalized spacial score (nSPS) is 16.5. The van der Waals surface area contributed by atoms with Crippen LogP contribution in [-0.4, -0.2) is 18.1 Å². The summed E-state index contributed by atoms with van der Waals surface area (Å²) in [6.07, 6.45) is 5.10. The molecule has 0 aromatic carbocycles. The molecule has 0 atom stereocenters. The van der Waals surface area contributed by atoms with Crippen molar-refractivity contribution < 1.29 is 0 Å². The molecule has 2 nitrogen and oxygen atoms in total. The summed E-state index contributed by atoms with van der Waals surface area (Å²) in [6, 6.07) is 1.88. The molecule has 0 unspecified atom stereocenters. The van der Waals surface area contributed by atoms with Crippen LogP contribution in [0.5, 0.6) is 0 Å². The number of hydrogen-bond acceptors (Lipinski definition) is 2. The van der Waals surface area contributed by atoms with E-state index in [-0.39, 0.29) is 0 Å². The second kappa shape index (κ2) is 4.54. The van der Waals surface area contributed by atoms with Crippen LogP contribution in [0.3, 0.4) is 0 Å². The first-order chi connectivity index (χ1) is 7.16.